The number of nitrogens with zero attached hydrogens (tertiary/aromatic N) is 1. The Kier molecular flexibility index (Phi) is 6.27. The van der Waals surface area contributed by atoms with Gasteiger partial charge in [-0.3, -0.25) is 4.98 Å². The number of ether oxygens (including phenoxy) is 1. The maximum absolute atomic E-state index is 11.1. The highest BCUT2D eigenvalue weighted by Crippen LogP contribution is 2.33. The van der Waals surface area contributed by atoms with Gasteiger partial charge in [-0.15, -0.1) is 0 Å². The monoisotopic (exact) mass is 405 g/mol. The SMILES string of the molecule is Cc1cc(-c2cncc(C(=O)O)c2)ccc1[C@@H](O)[C@H]1OC(CO)[C@@H](O)C(O)C1O. The van der Waals surface area contributed by atoms with Gasteiger partial charge in [-0.2, -0.15) is 0 Å². The van der Waals surface area contributed by atoms with Crippen molar-refractivity contribution in [1.29, 1.82) is 0 Å². The van der Waals surface area contributed by atoms with E-state index in [9.17, 15) is 30.3 Å². The van der Waals surface area contributed by atoms with Gasteiger partial charge in [0.1, 0.15) is 36.6 Å². The van der Waals surface area contributed by atoms with Crippen LogP contribution in [0.3, 0.4) is 0 Å². The van der Waals surface area contributed by atoms with Gasteiger partial charge in [0.2, 0.25) is 0 Å². The van der Waals surface area contributed by atoms with Crippen molar-refractivity contribution in [1.82, 2.24) is 4.98 Å². The van der Waals surface area contributed by atoms with Crippen molar-refractivity contribution >= 4 is 5.97 Å². The summed E-state index contributed by atoms with van der Waals surface area (Å²) in [5.41, 5.74) is 2.36. The summed E-state index contributed by atoms with van der Waals surface area (Å²) in [5, 5.41) is 59.2. The van der Waals surface area contributed by atoms with Gasteiger partial charge in [0.15, 0.2) is 0 Å². The van der Waals surface area contributed by atoms with Crippen LogP contribution >= 0.6 is 0 Å². The average molecular weight is 405 g/mol. The Bertz CT molecular complexity index is 887. The maximum Gasteiger partial charge on any atom is 0.337 e. The first-order valence-corrected chi connectivity index (χ1v) is 9.02. The summed E-state index contributed by atoms with van der Waals surface area (Å²) in [4.78, 5) is 15.1. The lowest BCUT2D eigenvalue weighted by Gasteiger charge is -2.42. The third kappa shape index (κ3) is 4.15. The van der Waals surface area contributed by atoms with E-state index in [4.69, 9.17) is 9.84 Å². The summed E-state index contributed by atoms with van der Waals surface area (Å²) >= 11 is 0. The van der Waals surface area contributed by atoms with Crippen LogP contribution in [-0.2, 0) is 4.74 Å². The second kappa shape index (κ2) is 8.54. The standard InChI is InChI=1S/C20H23NO8/c1-9-4-10(11-5-12(20(27)28)7-21-6-11)2-3-13(9)15(23)19-18(26)17(25)16(24)14(8-22)29-19/h2-7,14-19,22-26H,8H2,1H3,(H,27,28)/t14?,15-,16-,17?,18?,19-/m1/s1. The molecule has 29 heavy (non-hydrogen) atoms. The van der Waals surface area contributed by atoms with Crippen LogP contribution in [0, 0.1) is 6.92 Å². The highest BCUT2D eigenvalue weighted by Gasteiger charge is 2.46. The molecular weight excluding hydrogens is 382 g/mol. The van der Waals surface area contributed by atoms with E-state index in [0.29, 0.717) is 22.3 Å². The molecule has 0 radical (unpaired) electrons. The number of aliphatic hydroxyl groups is 5. The number of benzene rings is 1. The van der Waals surface area contributed by atoms with Crippen LogP contribution in [0.4, 0.5) is 0 Å². The van der Waals surface area contributed by atoms with E-state index in [-0.39, 0.29) is 5.56 Å². The number of carboxylic acid groups (broad SMARTS) is 1. The van der Waals surface area contributed by atoms with Gasteiger partial charge in [-0.05, 0) is 29.7 Å². The summed E-state index contributed by atoms with van der Waals surface area (Å²) < 4.78 is 5.42. The van der Waals surface area contributed by atoms with E-state index >= 15 is 0 Å². The van der Waals surface area contributed by atoms with Crippen molar-refractivity contribution in [2.45, 2.75) is 43.5 Å². The van der Waals surface area contributed by atoms with Crippen LogP contribution in [-0.4, -0.2) is 78.7 Å². The molecule has 0 saturated carbocycles. The minimum Gasteiger partial charge on any atom is -0.478 e. The fourth-order valence-corrected chi connectivity index (χ4v) is 3.47. The fourth-order valence-electron chi connectivity index (χ4n) is 3.47. The van der Waals surface area contributed by atoms with Crippen LogP contribution in [0.2, 0.25) is 0 Å². The van der Waals surface area contributed by atoms with Gasteiger partial charge in [-0.25, -0.2) is 4.79 Å². The van der Waals surface area contributed by atoms with Gasteiger partial charge in [0, 0.05) is 18.0 Å². The molecule has 6 atom stereocenters. The number of carboxylic acids is 1. The van der Waals surface area contributed by atoms with Gasteiger partial charge < -0.3 is 35.4 Å². The highest BCUT2D eigenvalue weighted by atomic mass is 16.6. The number of carbonyl (C=O) groups is 1. The van der Waals surface area contributed by atoms with Crippen molar-refractivity contribution in [3.63, 3.8) is 0 Å². The fraction of sp³-hybridized carbons (Fsp3) is 0.400. The minimum atomic E-state index is -1.58. The summed E-state index contributed by atoms with van der Waals surface area (Å²) in [7, 11) is 0. The lowest BCUT2D eigenvalue weighted by atomic mass is 9.88. The maximum atomic E-state index is 11.1. The highest BCUT2D eigenvalue weighted by molar-refractivity contribution is 5.88. The summed E-state index contributed by atoms with van der Waals surface area (Å²) in [6.45, 7) is 1.14. The third-order valence-corrected chi connectivity index (χ3v) is 5.15. The topological polar surface area (TPSA) is 161 Å². The Morgan fingerprint density at radius 1 is 1.10 bits per heavy atom. The van der Waals surface area contributed by atoms with Crippen molar-refractivity contribution in [3.05, 3.63) is 53.3 Å². The van der Waals surface area contributed by atoms with Crippen molar-refractivity contribution in [2.75, 3.05) is 6.61 Å². The second-order valence-corrected chi connectivity index (χ2v) is 7.08. The van der Waals surface area contributed by atoms with Crippen LogP contribution in [0.15, 0.2) is 36.7 Å². The Hall–Kier alpha value is -2.40. The zero-order valence-electron chi connectivity index (χ0n) is 15.6. The van der Waals surface area contributed by atoms with Crippen LogP contribution in [0.25, 0.3) is 11.1 Å². The molecule has 1 aliphatic heterocycles. The smallest absolute Gasteiger partial charge is 0.337 e. The molecule has 9 heteroatoms. The van der Waals surface area contributed by atoms with Gasteiger partial charge in [0.25, 0.3) is 0 Å². The van der Waals surface area contributed by atoms with Crippen LogP contribution in [0.5, 0.6) is 0 Å². The Morgan fingerprint density at radius 3 is 2.45 bits per heavy atom. The molecule has 3 rings (SSSR count). The van der Waals surface area contributed by atoms with E-state index in [2.05, 4.69) is 4.98 Å². The van der Waals surface area contributed by atoms with E-state index in [1.54, 1.807) is 25.1 Å². The zero-order valence-corrected chi connectivity index (χ0v) is 15.6. The summed E-state index contributed by atoms with van der Waals surface area (Å²) in [6, 6.07) is 6.48. The molecule has 6 N–H and O–H groups in total. The molecular formula is C20H23NO8. The van der Waals surface area contributed by atoms with E-state index in [1.165, 1.54) is 18.5 Å². The van der Waals surface area contributed by atoms with E-state index < -0.39 is 49.2 Å². The predicted molar refractivity (Wildman–Crippen MR) is 100 cm³/mol. The Labute approximate surface area is 166 Å². The molecule has 3 unspecified atom stereocenters. The molecule has 0 aliphatic carbocycles. The normalized spacial score (nSPS) is 28.1. The van der Waals surface area contributed by atoms with Crippen molar-refractivity contribution in [3.8, 4) is 11.1 Å². The number of hydrogen-bond acceptors (Lipinski definition) is 8. The van der Waals surface area contributed by atoms with Gasteiger partial charge in [0.05, 0.1) is 12.2 Å². The van der Waals surface area contributed by atoms with Crippen LogP contribution < -0.4 is 0 Å². The lowest BCUT2D eigenvalue weighted by molar-refractivity contribution is -0.250. The number of aryl methyl sites for hydroxylation is 1. The number of aromatic carboxylic acids is 1. The molecule has 0 spiro atoms. The molecule has 1 aromatic carbocycles. The molecule has 156 valence electrons. The van der Waals surface area contributed by atoms with E-state index in [1.807, 2.05) is 0 Å². The average Bonchev–Trinajstić information content (AvgIpc) is 2.72. The number of rotatable bonds is 5. The predicted octanol–water partition coefficient (Wildman–Crippen LogP) is -0.369. The molecule has 1 fully saturated rings. The molecule has 9 nitrogen and oxygen atoms in total. The largest absolute Gasteiger partial charge is 0.478 e. The van der Waals surface area contributed by atoms with E-state index in [0.717, 1.165) is 0 Å². The number of aromatic nitrogens is 1. The second-order valence-electron chi connectivity index (χ2n) is 7.08. The summed E-state index contributed by atoms with van der Waals surface area (Å²) in [5.74, 6) is -1.09. The molecule has 2 heterocycles. The summed E-state index contributed by atoms with van der Waals surface area (Å²) in [6.07, 6.45) is -5.58. The number of pyridine rings is 1. The Balaban J connectivity index is 1.88. The molecule has 0 bridgehead atoms. The van der Waals surface area contributed by atoms with Gasteiger partial charge in [-0.1, -0.05) is 18.2 Å². The zero-order chi connectivity index (χ0) is 21.3. The molecule has 2 aromatic rings. The number of hydrogen-bond donors (Lipinski definition) is 6. The Morgan fingerprint density at radius 2 is 1.83 bits per heavy atom. The first-order chi connectivity index (χ1) is 13.7. The quantitative estimate of drug-likeness (QED) is 0.390. The lowest BCUT2D eigenvalue weighted by Crippen LogP contribution is -2.59. The third-order valence-electron chi connectivity index (χ3n) is 5.15. The first kappa shape index (κ1) is 21.3. The van der Waals surface area contributed by atoms with Crippen molar-refractivity contribution in [2.24, 2.45) is 0 Å². The number of aliphatic hydroxyl groups excluding tert-OH is 5. The van der Waals surface area contributed by atoms with Crippen molar-refractivity contribution < 1.29 is 40.2 Å². The minimum absolute atomic E-state index is 0.0468. The molecule has 0 amide bonds. The molecule has 1 aliphatic rings. The first-order valence-electron chi connectivity index (χ1n) is 9.02. The molecule has 1 aromatic heterocycles. The van der Waals surface area contributed by atoms with Gasteiger partial charge >= 0.3 is 5.97 Å². The molecule has 1 saturated heterocycles. The van der Waals surface area contributed by atoms with Crippen LogP contribution in [0.1, 0.15) is 27.6 Å².